The second kappa shape index (κ2) is 32.6. The Labute approximate surface area is 549 Å². The molecule has 6 aromatic carbocycles. The molecule has 9 unspecified atom stereocenters. The van der Waals surface area contributed by atoms with Crippen LogP contribution in [0.2, 0.25) is 0 Å². The summed E-state index contributed by atoms with van der Waals surface area (Å²) in [5.74, 6) is 0.625. The first-order chi connectivity index (χ1) is 44.3. The Morgan fingerprint density at radius 2 is 0.839 bits per heavy atom. The van der Waals surface area contributed by atoms with Crippen LogP contribution in [-0.4, -0.2) is 114 Å². The van der Waals surface area contributed by atoms with E-state index in [2.05, 4.69) is 76.9 Å². The van der Waals surface area contributed by atoms with Gasteiger partial charge in [-0.3, -0.25) is 9.59 Å². The summed E-state index contributed by atoms with van der Waals surface area (Å²) >= 11 is 0. The summed E-state index contributed by atoms with van der Waals surface area (Å²) in [6, 6.07) is 46.0. The van der Waals surface area contributed by atoms with Crippen molar-refractivity contribution in [2.75, 3.05) is 42.3 Å². The second-order valence-electron chi connectivity index (χ2n) is 25.9. The van der Waals surface area contributed by atoms with Gasteiger partial charge >= 0.3 is 35.8 Å². The molecule has 6 aliphatic rings. The molecule has 0 saturated heterocycles. The Morgan fingerprint density at radius 3 is 1.44 bits per heavy atom. The van der Waals surface area contributed by atoms with Crippen molar-refractivity contribution in [2.45, 2.75) is 172 Å². The van der Waals surface area contributed by atoms with Gasteiger partial charge in [0.05, 0.1) is 0 Å². The Hall–Kier alpha value is -8.10. The zero-order valence-corrected chi connectivity index (χ0v) is 56.7. The molecule has 6 aliphatic heterocycles. The van der Waals surface area contributed by atoms with Gasteiger partial charge in [-0.05, 0) is 183 Å². The molecule has 0 amide bonds. The highest BCUT2D eigenvalue weighted by molar-refractivity contribution is 5.82. The van der Waals surface area contributed by atoms with Gasteiger partial charge < -0.3 is 60.3 Å². The molecular weight excluding hydrogens is 1180 g/mol. The average Bonchev–Trinajstić information content (AvgIpc) is 1.76. The lowest BCUT2D eigenvalue weighted by atomic mass is 9.79. The third-order valence-corrected chi connectivity index (χ3v) is 17.6. The Balaban J connectivity index is 0.000000158. The zero-order chi connectivity index (χ0) is 67.8. The Kier molecular flexibility index (Phi) is 25.4. The number of hydrogen-bond acceptors (Lipinski definition) is 18. The summed E-state index contributed by atoms with van der Waals surface area (Å²) in [5.41, 5.74) is 10.2. The number of carbonyl (C=O) groups excluding carboxylic acids is 6. The molecule has 0 fully saturated rings. The van der Waals surface area contributed by atoms with Crippen molar-refractivity contribution in [3.63, 3.8) is 0 Å². The van der Waals surface area contributed by atoms with Crippen LogP contribution in [0.25, 0.3) is 0 Å². The number of ether oxygens (including phenoxy) is 6. The van der Waals surface area contributed by atoms with Crippen LogP contribution in [0.15, 0.2) is 146 Å². The first-order valence-corrected chi connectivity index (χ1v) is 32.1. The van der Waals surface area contributed by atoms with Gasteiger partial charge in [0.15, 0.2) is 0 Å². The van der Waals surface area contributed by atoms with Crippen LogP contribution in [-0.2, 0) is 84.4 Å². The summed E-state index contributed by atoms with van der Waals surface area (Å²) in [7, 11) is 10.7. The van der Waals surface area contributed by atoms with Crippen LogP contribution >= 0.6 is 0 Å². The van der Waals surface area contributed by atoms with Crippen LogP contribution in [0.4, 0.5) is 0 Å². The maximum Gasteiger partial charge on any atom is 0.328 e. The molecule has 9 atom stereocenters. The topological polar surface area (TPSA) is 230 Å². The zero-order valence-electron chi connectivity index (χ0n) is 56.7. The monoisotopic (exact) mass is 1270 g/mol. The summed E-state index contributed by atoms with van der Waals surface area (Å²) < 4.78 is 32.4. The number of fused-ring (bicyclic) bond motifs is 6. The van der Waals surface area contributed by atoms with Gasteiger partial charge in [-0.1, -0.05) is 154 Å². The van der Waals surface area contributed by atoms with Gasteiger partial charge in [0.2, 0.25) is 0 Å². The smallest absolute Gasteiger partial charge is 0.328 e. The van der Waals surface area contributed by atoms with Crippen LogP contribution in [0.1, 0.15) is 155 Å². The SMILES string of the molecule is CNC1C(=O)OC(C)(C)Cc2ccccc21.CNC1C(=O)OC(C)Cc2ccccc21.CNC1CC(C)(C)c2ccccc2OC1=O.CNC1CC(C)c2ccccc2OC1=O.CNC1Cc2ccccc2C(C)(C)OC1=O.CNC1Cc2ccccc2C(C)OC1=O. The van der Waals surface area contributed by atoms with Crippen molar-refractivity contribution in [2.24, 2.45) is 0 Å². The van der Waals surface area contributed by atoms with E-state index in [1.54, 1.807) is 42.3 Å². The van der Waals surface area contributed by atoms with E-state index >= 15 is 0 Å². The van der Waals surface area contributed by atoms with E-state index in [-0.39, 0.29) is 89.7 Å². The highest BCUT2D eigenvalue weighted by atomic mass is 16.6. The van der Waals surface area contributed by atoms with Crippen molar-refractivity contribution in [3.8, 4) is 11.5 Å². The fourth-order valence-electron chi connectivity index (χ4n) is 12.6. The van der Waals surface area contributed by atoms with Crippen LogP contribution in [0, 0.1) is 0 Å². The van der Waals surface area contributed by atoms with Crippen LogP contribution in [0.5, 0.6) is 11.5 Å². The minimum absolute atomic E-state index is 0.0444. The third-order valence-electron chi connectivity index (χ3n) is 17.6. The maximum atomic E-state index is 11.9. The quantitative estimate of drug-likeness (QED) is 0.0518. The molecule has 0 aliphatic carbocycles. The molecule has 18 heteroatoms. The molecule has 0 saturated carbocycles. The number of nitrogens with one attached hydrogen (secondary N) is 6. The Bertz CT molecular complexity index is 3550. The normalized spacial score (nSPS) is 24.2. The lowest BCUT2D eigenvalue weighted by Crippen LogP contribution is -2.39. The second-order valence-corrected chi connectivity index (χ2v) is 25.9. The number of hydrogen-bond donors (Lipinski definition) is 6. The summed E-state index contributed by atoms with van der Waals surface area (Å²) in [4.78, 5) is 70.6. The predicted octanol–water partition coefficient (Wildman–Crippen LogP) is 9.85. The van der Waals surface area contributed by atoms with Gasteiger partial charge in [0, 0.05) is 18.4 Å². The molecule has 498 valence electrons. The summed E-state index contributed by atoms with van der Waals surface area (Å²) in [6.45, 7) is 18.0. The fraction of sp³-hybridized carbons (Fsp3) is 0.440. The van der Waals surface area contributed by atoms with E-state index in [9.17, 15) is 28.8 Å². The van der Waals surface area contributed by atoms with Crippen molar-refractivity contribution < 1.29 is 57.2 Å². The molecule has 6 heterocycles. The first kappa shape index (κ1) is 72.3. The number of benzene rings is 6. The van der Waals surface area contributed by atoms with E-state index < -0.39 is 11.2 Å². The molecule has 6 aromatic rings. The molecule has 0 aromatic heterocycles. The highest BCUT2D eigenvalue weighted by Gasteiger charge is 2.39. The van der Waals surface area contributed by atoms with E-state index in [0.29, 0.717) is 30.3 Å². The Morgan fingerprint density at radius 1 is 0.387 bits per heavy atom. The molecular formula is C75H96N6O12. The molecule has 6 N–H and O–H groups in total. The summed E-state index contributed by atoms with van der Waals surface area (Å²) in [6.07, 6.45) is 4.29. The van der Waals surface area contributed by atoms with Gasteiger partial charge in [-0.2, -0.15) is 0 Å². The van der Waals surface area contributed by atoms with Crippen molar-refractivity contribution in [1.29, 1.82) is 0 Å². The van der Waals surface area contributed by atoms with Gasteiger partial charge in [0.1, 0.15) is 71.2 Å². The van der Waals surface area contributed by atoms with Crippen LogP contribution < -0.4 is 41.4 Å². The van der Waals surface area contributed by atoms with E-state index in [0.717, 1.165) is 59.1 Å². The fourth-order valence-corrected chi connectivity index (χ4v) is 12.6. The van der Waals surface area contributed by atoms with Gasteiger partial charge in [-0.15, -0.1) is 0 Å². The highest BCUT2D eigenvalue weighted by Crippen LogP contribution is 2.39. The minimum Gasteiger partial charge on any atom is -0.461 e. The largest absolute Gasteiger partial charge is 0.461 e. The van der Waals surface area contributed by atoms with Crippen molar-refractivity contribution in [3.05, 3.63) is 201 Å². The molecule has 0 bridgehead atoms. The van der Waals surface area contributed by atoms with E-state index in [1.165, 1.54) is 22.3 Å². The van der Waals surface area contributed by atoms with Gasteiger partial charge in [-0.25, -0.2) is 19.2 Å². The lowest BCUT2D eigenvalue weighted by molar-refractivity contribution is -0.159. The predicted molar refractivity (Wildman–Crippen MR) is 360 cm³/mol. The van der Waals surface area contributed by atoms with Crippen LogP contribution in [0.3, 0.4) is 0 Å². The van der Waals surface area contributed by atoms with Crippen molar-refractivity contribution >= 4 is 35.8 Å². The average molecular weight is 1270 g/mol. The number of esters is 6. The third kappa shape index (κ3) is 18.6. The lowest BCUT2D eigenvalue weighted by Gasteiger charge is -2.25. The minimum atomic E-state index is -0.542. The number of para-hydroxylation sites is 2. The summed E-state index contributed by atoms with van der Waals surface area (Å²) in [5, 5.41) is 18.0. The molecule has 93 heavy (non-hydrogen) atoms. The number of rotatable bonds is 6. The number of cyclic esters (lactones) is 4. The first-order valence-electron chi connectivity index (χ1n) is 32.1. The van der Waals surface area contributed by atoms with E-state index in [1.807, 2.05) is 163 Å². The van der Waals surface area contributed by atoms with Gasteiger partial charge in [0.25, 0.3) is 0 Å². The number of likely N-dealkylation sites (N-methyl/N-ethyl adjacent to an activating group) is 6. The number of carbonyl (C=O) groups is 6. The molecule has 18 nitrogen and oxygen atoms in total. The van der Waals surface area contributed by atoms with E-state index in [4.69, 9.17) is 28.4 Å². The molecule has 12 rings (SSSR count). The molecule has 0 radical (unpaired) electrons. The maximum absolute atomic E-state index is 11.9. The molecule has 0 spiro atoms. The van der Waals surface area contributed by atoms with Crippen molar-refractivity contribution in [1.82, 2.24) is 31.9 Å². The standard InChI is InChI=1S/3C13H17NO2.3C12H15NO2/c1-13(2)8-10(14-3)12(15)16-11-7-5-4-6-9(11)13;1-13(2)8-9-6-4-5-7-10(9)11(14-3)12(15)16-13;1-13(2)10-7-5-4-6-9(10)8-11(14-3)12(15)16-13;1-8-10-6-4-3-5-9(10)7-11(13-2)12(14)15-8;1-8-7-10(13-2)12(14)15-11-6-4-3-5-9(8)11;1-8-7-9-5-3-4-6-10(9)11(13-2)12(14)15-8/h4-7,10,14H,8H2,1-3H3;2*4-7,11,14H,8H2,1-3H3;3-6,8,11,13H,7H2,1-2H3;3-6,8,10,13H,7H2,1-2H3;3-6,8,11,13H,7H2,1-2H3.